The lowest BCUT2D eigenvalue weighted by Gasteiger charge is -2.30. The van der Waals surface area contributed by atoms with Crippen LogP contribution in [0.25, 0.3) is 0 Å². The molecule has 114 valence electrons. The van der Waals surface area contributed by atoms with Gasteiger partial charge in [0.1, 0.15) is 0 Å². The summed E-state index contributed by atoms with van der Waals surface area (Å²) in [5.41, 5.74) is 0. The average molecular weight is 283 g/mol. The topological polar surface area (TPSA) is 53.1 Å². The van der Waals surface area contributed by atoms with E-state index in [0.717, 1.165) is 6.54 Å². The van der Waals surface area contributed by atoms with Crippen LogP contribution in [0.4, 0.5) is 16.2 Å². The molecule has 6 heteroatoms. The van der Waals surface area contributed by atoms with E-state index in [9.17, 15) is 4.39 Å². The number of hydrogen-bond acceptors (Lipinski definition) is 5. The van der Waals surface area contributed by atoms with E-state index in [2.05, 4.69) is 53.2 Å². The van der Waals surface area contributed by atoms with Crippen LogP contribution in [0.5, 0.6) is 0 Å². The lowest BCUT2D eigenvalue weighted by atomic mass is 10.2. The SMILES string of the molecule is CCNc1ncc(F)c(NCCN(C(C)C)C(C)C)n1. The molecule has 20 heavy (non-hydrogen) atoms. The van der Waals surface area contributed by atoms with Crippen molar-refractivity contribution in [3.8, 4) is 0 Å². The molecular weight excluding hydrogens is 257 g/mol. The summed E-state index contributed by atoms with van der Waals surface area (Å²) in [6.45, 7) is 12.8. The van der Waals surface area contributed by atoms with Crippen molar-refractivity contribution in [2.24, 2.45) is 0 Å². The van der Waals surface area contributed by atoms with Gasteiger partial charge in [-0.05, 0) is 34.6 Å². The monoisotopic (exact) mass is 283 g/mol. The van der Waals surface area contributed by atoms with Gasteiger partial charge in [-0.3, -0.25) is 4.90 Å². The molecule has 0 saturated carbocycles. The minimum absolute atomic E-state index is 0.253. The number of nitrogens with one attached hydrogen (secondary N) is 2. The van der Waals surface area contributed by atoms with Gasteiger partial charge in [-0.25, -0.2) is 9.37 Å². The number of aromatic nitrogens is 2. The van der Waals surface area contributed by atoms with E-state index in [-0.39, 0.29) is 5.82 Å². The van der Waals surface area contributed by atoms with Gasteiger partial charge in [0.25, 0.3) is 0 Å². The smallest absolute Gasteiger partial charge is 0.224 e. The van der Waals surface area contributed by atoms with E-state index >= 15 is 0 Å². The maximum absolute atomic E-state index is 13.6. The van der Waals surface area contributed by atoms with Crippen LogP contribution in [0.2, 0.25) is 0 Å². The Morgan fingerprint density at radius 3 is 2.40 bits per heavy atom. The maximum Gasteiger partial charge on any atom is 0.224 e. The van der Waals surface area contributed by atoms with Crippen molar-refractivity contribution in [1.82, 2.24) is 14.9 Å². The molecule has 0 aliphatic heterocycles. The third-order valence-corrected chi connectivity index (χ3v) is 3.07. The molecule has 0 aromatic carbocycles. The molecule has 1 rings (SSSR count). The van der Waals surface area contributed by atoms with Crippen LogP contribution in [-0.2, 0) is 0 Å². The normalized spacial score (nSPS) is 11.4. The molecule has 0 atom stereocenters. The van der Waals surface area contributed by atoms with E-state index in [4.69, 9.17) is 0 Å². The lowest BCUT2D eigenvalue weighted by molar-refractivity contribution is 0.182. The third kappa shape index (κ3) is 4.92. The first-order valence-corrected chi connectivity index (χ1v) is 7.21. The van der Waals surface area contributed by atoms with Gasteiger partial charge in [0.05, 0.1) is 6.20 Å². The molecule has 0 unspecified atom stereocenters. The molecule has 1 aromatic rings. The summed E-state index contributed by atoms with van der Waals surface area (Å²) < 4.78 is 13.6. The van der Waals surface area contributed by atoms with Crippen LogP contribution in [0.1, 0.15) is 34.6 Å². The van der Waals surface area contributed by atoms with Crippen LogP contribution < -0.4 is 10.6 Å². The summed E-state index contributed by atoms with van der Waals surface area (Å²) in [5, 5.41) is 6.02. The summed E-state index contributed by atoms with van der Waals surface area (Å²) in [6, 6.07) is 0.925. The van der Waals surface area contributed by atoms with Crippen molar-refractivity contribution in [2.45, 2.75) is 46.7 Å². The molecule has 0 aliphatic rings. The molecule has 2 N–H and O–H groups in total. The summed E-state index contributed by atoms with van der Waals surface area (Å²) in [5.74, 6) is 0.275. The zero-order valence-electron chi connectivity index (χ0n) is 13.1. The number of hydrogen-bond donors (Lipinski definition) is 2. The summed E-state index contributed by atoms with van der Waals surface area (Å²) in [6.07, 6.45) is 1.19. The second-order valence-electron chi connectivity index (χ2n) is 5.27. The van der Waals surface area contributed by atoms with Gasteiger partial charge in [-0.2, -0.15) is 4.98 Å². The summed E-state index contributed by atoms with van der Waals surface area (Å²) >= 11 is 0. The molecular formula is C14H26FN5. The Labute approximate surface area is 121 Å². The molecule has 0 aliphatic carbocycles. The van der Waals surface area contributed by atoms with E-state index < -0.39 is 5.82 Å². The highest BCUT2D eigenvalue weighted by Crippen LogP contribution is 2.12. The average Bonchev–Trinajstić information content (AvgIpc) is 2.37. The van der Waals surface area contributed by atoms with Gasteiger partial charge < -0.3 is 10.6 Å². The van der Waals surface area contributed by atoms with Crippen molar-refractivity contribution in [3.05, 3.63) is 12.0 Å². The molecule has 0 saturated heterocycles. The van der Waals surface area contributed by atoms with Crippen molar-refractivity contribution in [2.75, 3.05) is 30.3 Å². The van der Waals surface area contributed by atoms with Gasteiger partial charge in [0.15, 0.2) is 11.6 Å². The first-order chi connectivity index (χ1) is 9.45. The Balaban J connectivity index is 2.58. The molecule has 1 aromatic heterocycles. The van der Waals surface area contributed by atoms with Crippen molar-refractivity contribution < 1.29 is 4.39 Å². The van der Waals surface area contributed by atoms with Gasteiger partial charge >= 0.3 is 0 Å². The zero-order chi connectivity index (χ0) is 15.1. The van der Waals surface area contributed by atoms with Crippen molar-refractivity contribution in [3.63, 3.8) is 0 Å². The highest BCUT2D eigenvalue weighted by molar-refractivity contribution is 5.40. The Bertz CT molecular complexity index is 401. The zero-order valence-corrected chi connectivity index (χ0v) is 13.1. The standard InChI is InChI=1S/C14H26FN5/c1-6-16-14-18-9-12(15)13(19-14)17-7-8-20(10(2)3)11(4)5/h9-11H,6-8H2,1-5H3,(H2,16,17,18,19). The van der Waals surface area contributed by atoms with Crippen molar-refractivity contribution in [1.29, 1.82) is 0 Å². The molecule has 1 heterocycles. The molecule has 5 nitrogen and oxygen atoms in total. The van der Waals surface area contributed by atoms with Gasteiger partial charge in [0.2, 0.25) is 5.95 Å². The largest absolute Gasteiger partial charge is 0.366 e. The van der Waals surface area contributed by atoms with Crippen LogP contribution in [0.15, 0.2) is 6.20 Å². The fraction of sp³-hybridized carbons (Fsp3) is 0.714. The number of halogens is 1. The maximum atomic E-state index is 13.6. The van der Waals surface area contributed by atoms with E-state index in [0.29, 0.717) is 31.1 Å². The first kappa shape index (κ1) is 16.6. The molecule has 0 spiro atoms. The molecule has 0 fully saturated rings. The van der Waals surface area contributed by atoms with Crippen LogP contribution in [-0.4, -0.2) is 46.6 Å². The highest BCUT2D eigenvalue weighted by atomic mass is 19.1. The number of anilines is 2. The van der Waals surface area contributed by atoms with Crippen molar-refractivity contribution >= 4 is 11.8 Å². The Morgan fingerprint density at radius 2 is 1.85 bits per heavy atom. The van der Waals surface area contributed by atoms with Gasteiger partial charge in [-0.15, -0.1) is 0 Å². The minimum Gasteiger partial charge on any atom is -0.366 e. The van der Waals surface area contributed by atoms with E-state index in [1.165, 1.54) is 6.20 Å². The fourth-order valence-electron chi connectivity index (χ4n) is 2.15. The van der Waals surface area contributed by atoms with Crippen LogP contribution in [0.3, 0.4) is 0 Å². The highest BCUT2D eigenvalue weighted by Gasteiger charge is 2.13. The quantitative estimate of drug-likeness (QED) is 0.768. The Kier molecular flexibility index (Phi) is 6.64. The molecule has 0 bridgehead atoms. The van der Waals surface area contributed by atoms with E-state index in [1.54, 1.807) is 0 Å². The van der Waals surface area contributed by atoms with Crippen LogP contribution in [0, 0.1) is 5.82 Å². The molecule has 0 amide bonds. The predicted octanol–water partition coefficient (Wildman–Crippen LogP) is 2.58. The Morgan fingerprint density at radius 1 is 1.20 bits per heavy atom. The third-order valence-electron chi connectivity index (χ3n) is 3.07. The Hall–Kier alpha value is -1.43. The summed E-state index contributed by atoms with van der Waals surface area (Å²) in [4.78, 5) is 10.3. The first-order valence-electron chi connectivity index (χ1n) is 7.21. The van der Waals surface area contributed by atoms with Gasteiger partial charge in [-0.1, -0.05) is 0 Å². The van der Waals surface area contributed by atoms with Gasteiger partial charge in [0, 0.05) is 31.7 Å². The minimum atomic E-state index is -0.424. The van der Waals surface area contributed by atoms with E-state index in [1.807, 2.05) is 6.92 Å². The summed E-state index contributed by atoms with van der Waals surface area (Å²) in [7, 11) is 0. The number of rotatable bonds is 8. The predicted molar refractivity (Wildman–Crippen MR) is 81.6 cm³/mol. The fourth-order valence-corrected chi connectivity index (χ4v) is 2.15. The molecule has 0 radical (unpaired) electrons. The second kappa shape index (κ2) is 7.99. The second-order valence-corrected chi connectivity index (χ2v) is 5.27. The van der Waals surface area contributed by atoms with Crippen LogP contribution >= 0.6 is 0 Å². The number of nitrogens with zero attached hydrogens (tertiary/aromatic N) is 3. The lowest BCUT2D eigenvalue weighted by Crippen LogP contribution is -2.40.